The van der Waals surface area contributed by atoms with Crippen molar-refractivity contribution in [1.29, 1.82) is 0 Å². The largest absolute Gasteiger partial charge is 0.361 e. The maximum atomic E-state index is 13.4. The molecule has 3 heterocycles. The summed E-state index contributed by atoms with van der Waals surface area (Å²) in [5, 5.41) is 7.80. The van der Waals surface area contributed by atoms with Crippen LogP contribution in [0, 0.1) is 5.82 Å². The van der Waals surface area contributed by atoms with E-state index >= 15 is 0 Å². The SMILES string of the molecule is CCNC(=NCc1cccnc1N1CCN(C)CC1)NCCc1c[nH]c2cc(F)ccc12.I. The Morgan fingerprint density at radius 2 is 1.97 bits per heavy atom. The lowest BCUT2D eigenvalue weighted by Crippen LogP contribution is -2.45. The molecule has 0 aliphatic carbocycles. The number of H-pyrrole nitrogens is 1. The number of halogens is 2. The zero-order valence-electron chi connectivity index (χ0n) is 19.3. The zero-order chi connectivity index (χ0) is 22.3. The molecule has 1 aliphatic heterocycles. The van der Waals surface area contributed by atoms with Gasteiger partial charge < -0.3 is 25.4 Å². The minimum Gasteiger partial charge on any atom is -0.361 e. The van der Waals surface area contributed by atoms with Gasteiger partial charge in [0, 0.05) is 68.1 Å². The molecular weight excluding hydrogens is 532 g/mol. The quantitative estimate of drug-likeness (QED) is 0.233. The second-order valence-corrected chi connectivity index (χ2v) is 8.15. The number of aliphatic imine (C=N–C) groups is 1. The number of rotatable bonds is 7. The van der Waals surface area contributed by atoms with E-state index in [2.05, 4.69) is 50.4 Å². The van der Waals surface area contributed by atoms with Gasteiger partial charge in [0.2, 0.25) is 0 Å². The van der Waals surface area contributed by atoms with Crippen molar-refractivity contribution in [3.63, 3.8) is 0 Å². The zero-order valence-corrected chi connectivity index (χ0v) is 21.6. The highest BCUT2D eigenvalue weighted by Gasteiger charge is 2.17. The van der Waals surface area contributed by atoms with E-state index in [1.54, 1.807) is 0 Å². The van der Waals surface area contributed by atoms with E-state index in [1.807, 2.05) is 24.5 Å². The third-order valence-electron chi connectivity index (χ3n) is 5.84. The Hall–Kier alpha value is -2.40. The number of nitrogens with one attached hydrogen (secondary N) is 3. The molecule has 4 rings (SSSR count). The van der Waals surface area contributed by atoms with E-state index in [1.165, 1.54) is 12.1 Å². The molecule has 3 aromatic rings. The Bertz CT molecular complexity index is 1060. The summed E-state index contributed by atoms with van der Waals surface area (Å²) in [7, 11) is 2.16. The van der Waals surface area contributed by atoms with Crippen LogP contribution in [0.4, 0.5) is 10.2 Å². The van der Waals surface area contributed by atoms with Crippen molar-refractivity contribution in [3.05, 3.63) is 59.7 Å². The molecule has 0 radical (unpaired) electrons. The smallest absolute Gasteiger partial charge is 0.191 e. The van der Waals surface area contributed by atoms with Gasteiger partial charge in [-0.2, -0.15) is 0 Å². The highest BCUT2D eigenvalue weighted by Crippen LogP contribution is 2.20. The first-order valence-corrected chi connectivity index (χ1v) is 11.3. The molecule has 3 N–H and O–H groups in total. The Balaban J connectivity index is 0.00000306. The van der Waals surface area contributed by atoms with Crippen molar-refractivity contribution in [2.45, 2.75) is 19.9 Å². The number of guanidine groups is 1. The number of hydrogen-bond donors (Lipinski definition) is 3. The molecule has 7 nitrogen and oxygen atoms in total. The first kappa shape index (κ1) is 25.2. The number of aromatic nitrogens is 2. The van der Waals surface area contributed by atoms with Crippen molar-refractivity contribution < 1.29 is 4.39 Å². The van der Waals surface area contributed by atoms with Gasteiger partial charge in [0.1, 0.15) is 11.6 Å². The lowest BCUT2D eigenvalue weighted by Gasteiger charge is -2.34. The van der Waals surface area contributed by atoms with E-state index in [9.17, 15) is 4.39 Å². The Labute approximate surface area is 211 Å². The summed E-state index contributed by atoms with van der Waals surface area (Å²) < 4.78 is 13.4. The Kier molecular flexibility index (Phi) is 9.30. The van der Waals surface area contributed by atoms with Crippen LogP contribution in [0.5, 0.6) is 0 Å². The van der Waals surface area contributed by atoms with Crippen LogP contribution in [0.25, 0.3) is 10.9 Å². The molecule has 1 aromatic carbocycles. The van der Waals surface area contributed by atoms with E-state index < -0.39 is 0 Å². The number of likely N-dealkylation sites (N-methyl/N-ethyl adjacent to an activating group) is 1. The number of aromatic amines is 1. The highest BCUT2D eigenvalue weighted by molar-refractivity contribution is 14.0. The third-order valence-corrected chi connectivity index (χ3v) is 5.84. The van der Waals surface area contributed by atoms with Crippen LogP contribution in [0.2, 0.25) is 0 Å². The molecule has 178 valence electrons. The van der Waals surface area contributed by atoms with Crippen molar-refractivity contribution in [2.75, 3.05) is 51.2 Å². The maximum Gasteiger partial charge on any atom is 0.191 e. The van der Waals surface area contributed by atoms with Crippen LogP contribution in [-0.2, 0) is 13.0 Å². The van der Waals surface area contributed by atoms with Crippen LogP contribution in [0.15, 0.2) is 47.7 Å². The number of piperazine rings is 1. The van der Waals surface area contributed by atoms with E-state index in [4.69, 9.17) is 4.99 Å². The number of nitrogens with zero attached hydrogens (tertiary/aromatic N) is 4. The summed E-state index contributed by atoms with van der Waals surface area (Å²) in [6, 6.07) is 8.95. The average molecular weight is 565 g/mol. The van der Waals surface area contributed by atoms with E-state index in [-0.39, 0.29) is 29.8 Å². The van der Waals surface area contributed by atoms with Crippen LogP contribution in [0.1, 0.15) is 18.1 Å². The lowest BCUT2D eigenvalue weighted by molar-refractivity contribution is 0.312. The van der Waals surface area contributed by atoms with Gasteiger partial charge in [-0.15, -0.1) is 24.0 Å². The van der Waals surface area contributed by atoms with Crippen molar-refractivity contribution in [3.8, 4) is 0 Å². The van der Waals surface area contributed by atoms with Crippen molar-refractivity contribution in [2.24, 2.45) is 4.99 Å². The molecule has 2 aromatic heterocycles. The standard InChI is InChI=1S/C24H32FN7.HI/c1-3-26-24(28-10-8-18-16-29-22-15-20(25)6-7-21(18)22)30-17-19-5-4-9-27-23(19)32-13-11-31(2)12-14-32;/h4-7,9,15-16,29H,3,8,10-14,17H2,1-2H3,(H2,26,28,30);1H. The summed E-state index contributed by atoms with van der Waals surface area (Å²) in [6.07, 6.45) is 4.63. The second-order valence-electron chi connectivity index (χ2n) is 8.15. The molecule has 1 aliphatic rings. The molecular formula is C24H33FIN7. The fourth-order valence-corrected chi connectivity index (χ4v) is 4.04. The van der Waals surface area contributed by atoms with Gasteiger partial charge >= 0.3 is 0 Å². The minimum absolute atomic E-state index is 0. The second kappa shape index (κ2) is 12.2. The minimum atomic E-state index is -0.225. The summed E-state index contributed by atoms with van der Waals surface area (Å²) in [6.45, 7) is 8.20. The average Bonchev–Trinajstić information content (AvgIpc) is 3.20. The molecule has 1 fully saturated rings. The molecule has 0 atom stereocenters. The normalized spacial score (nSPS) is 14.9. The number of pyridine rings is 1. The van der Waals surface area contributed by atoms with Crippen molar-refractivity contribution >= 4 is 46.7 Å². The van der Waals surface area contributed by atoms with Crippen molar-refractivity contribution in [1.82, 2.24) is 25.5 Å². The molecule has 0 unspecified atom stereocenters. The summed E-state index contributed by atoms with van der Waals surface area (Å²) in [4.78, 5) is 17.3. The number of benzene rings is 1. The van der Waals surface area contributed by atoms with Gasteiger partial charge in [-0.3, -0.25) is 0 Å². The van der Waals surface area contributed by atoms with Crippen LogP contribution >= 0.6 is 24.0 Å². The monoisotopic (exact) mass is 565 g/mol. The molecule has 33 heavy (non-hydrogen) atoms. The van der Waals surface area contributed by atoms with Gasteiger partial charge in [-0.05, 0) is 50.2 Å². The maximum absolute atomic E-state index is 13.4. The van der Waals surface area contributed by atoms with Crippen LogP contribution < -0.4 is 15.5 Å². The molecule has 0 spiro atoms. The molecule has 0 amide bonds. The molecule has 9 heteroatoms. The topological polar surface area (TPSA) is 71.6 Å². The Morgan fingerprint density at radius 1 is 1.15 bits per heavy atom. The third kappa shape index (κ3) is 6.57. The summed E-state index contributed by atoms with van der Waals surface area (Å²) in [5.74, 6) is 1.59. The van der Waals surface area contributed by atoms with Gasteiger partial charge in [0.05, 0.1) is 6.54 Å². The van der Waals surface area contributed by atoms with E-state index in [0.717, 1.165) is 79.5 Å². The predicted molar refractivity (Wildman–Crippen MR) is 144 cm³/mol. The summed E-state index contributed by atoms with van der Waals surface area (Å²) >= 11 is 0. The number of fused-ring (bicyclic) bond motifs is 1. The van der Waals surface area contributed by atoms with Crippen LogP contribution in [-0.4, -0.2) is 67.1 Å². The number of anilines is 1. The molecule has 0 bridgehead atoms. The fourth-order valence-electron chi connectivity index (χ4n) is 4.04. The van der Waals surface area contributed by atoms with E-state index in [0.29, 0.717) is 6.54 Å². The first-order chi connectivity index (χ1) is 15.6. The van der Waals surface area contributed by atoms with Crippen LogP contribution in [0.3, 0.4) is 0 Å². The molecule has 0 saturated carbocycles. The predicted octanol–water partition coefficient (Wildman–Crippen LogP) is 3.37. The summed E-state index contributed by atoms with van der Waals surface area (Å²) in [5.41, 5.74) is 3.12. The van der Waals surface area contributed by atoms with Gasteiger partial charge in [-0.1, -0.05) is 6.07 Å². The van der Waals surface area contributed by atoms with Gasteiger partial charge in [-0.25, -0.2) is 14.4 Å². The highest BCUT2D eigenvalue weighted by atomic mass is 127. The molecule has 1 saturated heterocycles. The number of hydrogen-bond acceptors (Lipinski definition) is 4. The fraction of sp³-hybridized carbons (Fsp3) is 0.417. The van der Waals surface area contributed by atoms with Gasteiger partial charge in [0.25, 0.3) is 0 Å². The Morgan fingerprint density at radius 3 is 2.76 bits per heavy atom. The lowest BCUT2D eigenvalue weighted by atomic mass is 10.1. The van der Waals surface area contributed by atoms with Gasteiger partial charge in [0.15, 0.2) is 5.96 Å². The first-order valence-electron chi connectivity index (χ1n) is 11.3.